The van der Waals surface area contributed by atoms with Crippen LogP contribution in [0.25, 0.3) is 5.69 Å². The average molecular weight is 350 g/mol. The van der Waals surface area contributed by atoms with Gasteiger partial charge in [0.1, 0.15) is 0 Å². The Labute approximate surface area is 152 Å². The standard InChI is InChI=1S/C19H22N6O/c1-13-8-10-16(11-9-13)25-19(21-22-23-25)24(4)12-17(26)20-18-14(2)6-5-7-15(18)3/h5-11H,12H2,1-4H3,(H,20,26). The van der Waals surface area contributed by atoms with Crippen LogP contribution in [0.2, 0.25) is 0 Å². The van der Waals surface area contributed by atoms with Gasteiger partial charge < -0.3 is 10.2 Å². The summed E-state index contributed by atoms with van der Waals surface area (Å²) >= 11 is 0. The molecule has 3 rings (SSSR count). The van der Waals surface area contributed by atoms with Crippen LogP contribution < -0.4 is 10.2 Å². The Kier molecular flexibility index (Phi) is 4.97. The highest BCUT2D eigenvalue weighted by molar-refractivity contribution is 5.95. The fourth-order valence-corrected chi connectivity index (χ4v) is 2.75. The number of benzene rings is 2. The number of hydrogen-bond donors (Lipinski definition) is 1. The molecule has 0 atom stereocenters. The lowest BCUT2D eigenvalue weighted by molar-refractivity contribution is -0.114. The number of likely N-dealkylation sites (N-methyl/N-ethyl adjacent to an activating group) is 1. The third-order valence-corrected chi connectivity index (χ3v) is 4.20. The second-order valence-electron chi connectivity index (χ2n) is 6.40. The van der Waals surface area contributed by atoms with Crippen LogP contribution in [0, 0.1) is 20.8 Å². The minimum absolute atomic E-state index is 0.122. The van der Waals surface area contributed by atoms with Crippen LogP contribution in [0.4, 0.5) is 11.6 Å². The van der Waals surface area contributed by atoms with Crippen LogP contribution in [0.1, 0.15) is 16.7 Å². The molecule has 1 amide bonds. The second kappa shape index (κ2) is 7.35. The summed E-state index contributed by atoms with van der Waals surface area (Å²) in [4.78, 5) is 14.2. The Hall–Kier alpha value is -3.22. The summed E-state index contributed by atoms with van der Waals surface area (Å²) in [5.74, 6) is 0.383. The van der Waals surface area contributed by atoms with Gasteiger partial charge in [0.25, 0.3) is 5.95 Å². The highest BCUT2D eigenvalue weighted by atomic mass is 16.2. The normalized spacial score (nSPS) is 10.6. The van der Waals surface area contributed by atoms with E-state index in [0.717, 1.165) is 28.1 Å². The number of amides is 1. The summed E-state index contributed by atoms with van der Waals surface area (Å²) in [5, 5.41) is 14.8. The van der Waals surface area contributed by atoms with Crippen LogP contribution in [0.5, 0.6) is 0 Å². The number of hydrogen-bond acceptors (Lipinski definition) is 5. The van der Waals surface area contributed by atoms with Gasteiger partial charge in [-0.15, -0.1) is 0 Å². The minimum Gasteiger partial charge on any atom is -0.333 e. The van der Waals surface area contributed by atoms with Crippen molar-refractivity contribution in [2.75, 3.05) is 23.8 Å². The van der Waals surface area contributed by atoms with E-state index >= 15 is 0 Å². The van der Waals surface area contributed by atoms with Crippen molar-refractivity contribution in [1.82, 2.24) is 20.2 Å². The molecule has 0 fully saturated rings. The first kappa shape index (κ1) is 17.6. The summed E-state index contributed by atoms with van der Waals surface area (Å²) in [6, 6.07) is 13.8. The van der Waals surface area contributed by atoms with Crippen molar-refractivity contribution in [3.8, 4) is 5.69 Å². The molecule has 7 nitrogen and oxygen atoms in total. The number of carbonyl (C=O) groups is 1. The number of para-hydroxylation sites is 1. The topological polar surface area (TPSA) is 75.9 Å². The van der Waals surface area contributed by atoms with Crippen molar-refractivity contribution in [3.05, 3.63) is 59.2 Å². The molecule has 0 bridgehead atoms. The van der Waals surface area contributed by atoms with Crippen LogP contribution >= 0.6 is 0 Å². The lowest BCUT2D eigenvalue weighted by Crippen LogP contribution is -2.32. The lowest BCUT2D eigenvalue weighted by Gasteiger charge is -2.18. The highest BCUT2D eigenvalue weighted by Crippen LogP contribution is 2.20. The highest BCUT2D eigenvalue weighted by Gasteiger charge is 2.16. The van der Waals surface area contributed by atoms with Gasteiger partial charge in [-0.2, -0.15) is 4.68 Å². The van der Waals surface area contributed by atoms with E-state index in [2.05, 4.69) is 20.8 Å². The van der Waals surface area contributed by atoms with Crippen LogP contribution in [-0.4, -0.2) is 39.7 Å². The molecule has 0 saturated carbocycles. The molecule has 2 aromatic carbocycles. The zero-order chi connectivity index (χ0) is 18.7. The zero-order valence-corrected chi connectivity index (χ0v) is 15.4. The predicted molar refractivity (Wildman–Crippen MR) is 102 cm³/mol. The molecule has 0 aliphatic heterocycles. The number of carbonyl (C=O) groups excluding carboxylic acids is 1. The molecule has 0 aliphatic rings. The largest absolute Gasteiger partial charge is 0.333 e. The Morgan fingerprint density at radius 1 is 1.08 bits per heavy atom. The molecule has 3 aromatic rings. The minimum atomic E-state index is -0.122. The van der Waals surface area contributed by atoms with Gasteiger partial charge in [-0.05, 0) is 54.5 Å². The number of aromatic nitrogens is 4. The van der Waals surface area contributed by atoms with Gasteiger partial charge in [-0.25, -0.2) is 0 Å². The molecular formula is C19H22N6O. The van der Waals surface area contributed by atoms with Crippen LogP contribution in [0.15, 0.2) is 42.5 Å². The average Bonchev–Trinajstić information content (AvgIpc) is 3.09. The van der Waals surface area contributed by atoms with Crippen molar-refractivity contribution >= 4 is 17.5 Å². The maximum absolute atomic E-state index is 12.5. The number of anilines is 2. The van der Waals surface area contributed by atoms with Crippen molar-refractivity contribution in [1.29, 1.82) is 0 Å². The fraction of sp³-hybridized carbons (Fsp3) is 0.263. The maximum Gasteiger partial charge on any atom is 0.250 e. The van der Waals surface area contributed by atoms with E-state index in [0.29, 0.717) is 5.95 Å². The molecule has 134 valence electrons. The molecule has 0 unspecified atom stereocenters. The molecule has 1 heterocycles. The van der Waals surface area contributed by atoms with Crippen LogP contribution in [0.3, 0.4) is 0 Å². The first-order valence-electron chi connectivity index (χ1n) is 8.38. The molecule has 1 N–H and O–H groups in total. The third-order valence-electron chi connectivity index (χ3n) is 4.20. The molecule has 7 heteroatoms. The first-order chi connectivity index (χ1) is 12.5. The molecule has 0 aliphatic carbocycles. The molecule has 0 saturated heterocycles. The van der Waals surface area contributed by atoms with Gasteiger partial charge in [0.15, 0.2) is 0 Å². The van der Waals surface area contributed by atoms with Gasteiger partial charge in [0.2, 0.25) is 5.91 Å². The fourth-order valence-electron chi connectivity index (χ4n) is 2.75. The Bertz CT molecular complexity index is 896. The summed E-state index contributed by atoms with van der Waals surface area (Å²) in [7, 11) is 1.79. The van der Waals surface area contributed by atoms with E-state index < -0.39 is 0 Å². The van der Waals surface area contributed by atoms with Gasteiger partial charge in [-0.1, -0.05) is 41.0 Å². The maximum atomic E-state index is 12.5. The zero-order valence-electron chi connectivity index (χ0n) is 15.4. The smallest absolute Gasteiger partial charge is 0.250 e. The van der Waals surface area contributed by atoms with Crippen molar-refractivity contribution in [2.24, 2.45) is 0 Å². The van der Waals surface area contributed by atoms with Gasteiger partial charge in [0.05, 0.1) is 12.2 Å². The number of aryl methyl sites for hydroxylation is 3. The van der Waals surface area contributed by atoms with E-state index in [4.69, 9.17) is 0 Å². The van der Waals surface area contributed by atoms with Gasteiger partial charge >= 0.3 is 0 Å². The predicted octanol–water partition coefficient (Wildman–Crippen LogP) is 2.66. The molecule has 0 radical (unpaired) electrons. The van der Waals surface area contributed by atoms with E-state index in [9.17, 15) is 4.79 Å². The number of tetrazole rings is 1. The van der Waals surface area contributed by atoms with E-state index in [1.54, 1.807) is 16.6 Å². The monoisotopic (exact) mass is 350 g/mol. The summed E-state index contributed by atoms with van der Waals surface area (Å²) in [5.41, 5.74) is 4.92. The first-order valence-corrected chi connectivity index (χ1v) is 8.38. The number of nitrogens with one attached hydrogen (secondary N) is 1. The van der Waals surface area contributed by atoms with Gasteiger partial charge in [-0.3, -0.25) is 4.79 Å². The molecular weight excluding hydrogens is 328 g/mol. The van der Waals surface area contributed by atoms with Crippen molar-refractivity contribution in [3.63, 3.8) is 0 Å². The number of nitrogens with zero attached hydrogens (tertiary/aromatic N) is 5. The molecule has 1 aromatic heterocycles. The Morgan fingerprint density at radius 3 is 2.38 bits per heavy atom. The van der Waals surface area contributed by atoms with Crippen LogP contribution in [-0.2, 0) is 4.79 Å². The summed E-state index contributed by atoms with van der Waals surface area (Å²) < 4.78 is 1.62. The summed E-state index contributed by atoms with van der Waals surface area (Å²) in [6.45, 7) is 6.11. The quantitative estimate of drug-likeness (QED) is 0.766. The Balaban J connectivity index is 1.75. The third kappa shape index (κ3) is 3.72. The Morgan fingerprint density at radius 2 is 1.73 bits per heavy atom. The van der Waals surface area contributed by atoms with Crippen molar-refractivity contribution in [2.45, 2.75) is 20.8 Å². The van der Waals surface area contributed by atoms with Crippen molar-refractivity contribution < 1.29 is 4.79 Å². The van der Waals surface area contributed by atoms with E-state index in [-0.39, 0.29) is 12.5 Å². The second-order valence-corrected chi connectivity index (χ2v) is 6.40. The SMILES string of the molecule is Cc1ccc(-n2nnnc2N(C)CC(=O)Nc2c(C)cccc2C)cc1. The lowest BCUT2D eigenvalue weighted by atomic mass is 10.1. The van der Waals surface area contributed by atoms with E-state index in [1.165, 1.54) is 0 Å². The number of rotatable bonds is 5. The van der Waals surface area contributed by atoms with E-state index in [1.807, 2.05) is 63.2 Å². The molecule has 26 heavy (non-hydrogen) atoms. The molecule has 0 spiro atoms. The summed E-state index contributed by atoms with van der Waals surface area (Å²) in [6.07, 6.45) is 0. The van der Waals surface area contributed by atoms with Gasteiger partial charge in [0, 0.05) is 12.7 Å².